The zero-order valence-electron chi connectivity index (χ0n) is 8.72. The summed E-state index contributed by atoms with van der Waals surface area (Å²) in [6.07, 6.45) is 0.537. The first-order valence-electron chi connectivity index (χ1n) is 4.95. The Bertz CT molecular complexity index is 220. The van der Waals surface area contributed by atoms with Gasteiger partial charge in [0.15, 0.2) is 5.84 Å². The van der Waals surface area contributed by atoms with E-state index in [1.54, 1.807) is 0 Å². The molecule has 1 rings (SSSR count). The van der Waals surface area contributed by atoms with E-state index in [1.807, 2.05) is 13.8 Å². The average Bonchev–Trinajstić information content (AvgIpc) is 2.20. The molecule has 1 saturated heterocycles. The largest absolute Gasteiger partial charge is 0.409 e. The fraction of sp³-hybridized carbons (Fsp3) is 0.889. The molecule has 1 aliphatic heterocycles. The standard InChI is InChI=1S/C9H19N3O2/c1-6-5-12(4-3-8(6)13)7(2)9(10)11-14/h6-8,13-14H,3-5H2,1-2H3,(H2,10,11). The Morgan fingerprint density at radius 3 is 2.79 bits per heavy atom. The lowest BCUT2D eigenvalue weighted by Crippen LogP contribution is -2.50. The van der Waals surface area contributed by atoms with Gasteiger partial charge in [-0.25, -0.2) is 0 Å². The van der Waals surface area contributed by atoms with E-state index in [4.69, 9.17) is 10.9 Å². The first kappa shape index (κ1) is 11.3. The second-order valence-electron chi connectivity index (χ2n) is 4.03. The van der Waals surface area contributed by atoms with E-state index in [2.05, 4.69) is 10.1 Å². The van der Waals surface area contributed by atoms with Crippen LogP contribution < -0.4 is 5.73 Å². The third kappa shape index (κ3) is 2.36. The van der Waals surface area contributed by atoms with Gasteiger partial charge in [-0.1, -0.05) is 12.1 Å². The van der Waals surface area contributed by atoms with E-state index in [1.165, 1.54) is 0 Å². The fourth-order valence-corrected chi connectivity index (χ4v) is 1.79. The summed E-state index contributed by atoms with van der Waals surface area (Å²) in [5.74, 6) is 0.478. The molecule has 0 amide bonds. The highest BCUT2D eigenvalue weighted by molar-refractivity contribution is 5.84. The molecule has 0 aliphatic carbocycles. The van der Waals surface area contributed by atoms with Crippen molar-refractivity contribution < 1.29 is 10.3 Å². The molecule has 0 aromatic carbocycles. The van der Waals surface area contributed by atoms with Gasteiger partial charge in [0.2, 0.25) is 0 Å². The number of hydrogen-bond donors (Lipinski definition) is 3. The average molecular weight is 201 g/mol. The molecule has 0 aromatic rings. The number of aliphatic hydroxyl groups excluding tert-OH is 1. The van der Waals surface area contributed by atoms with Gasteiger partial charge in [0.25, 0.3) is 0 Å². The van der Waals surface area contributed by atoms with Crippen molar-refractivity contribution in [1.82, 2.24) is 4.90 Å². The minimum atomic E-state index is -0.217. The maximum absolute atomic E-state index is 9.54. The molecule has 5 heteroatoms. The first-order chi connectivity index (χ1) is 6.56. The van der Waals surface area contributed by atoms with E-state index < -0.39 is 0 Å². The number of piperidine rings is 1. The molecule has 3 atom stereocenters. The smallest absolute Gasteiger partial charge is 0.156 e. The van der Waals surface area contributed by atoms with Gasteiger partial charge in [0.1, 0.15) is 0 Å². The van der Waals surface area contributed by atoms with Gasteiger partial charge in [-0.05, 0) is 19.3 Å². The van der Waals surface area contributed by atoms with Gasteiger partial charge in [0, 0.05) is 13.1 Å². The molecular formula is C9H19N3O2. The molecule has 82 valence electrons. The van der Waals surface area contributed by atoms with Gasteiger partial charge in [0.05, 0.1) is 12.1 Å². The molecule has 1 fully saturated rings. The first-order valence-corrected chi connectivity index (χ1v) is 4.95. The third-order valence-electron chi connectivity index (χ3n) is 2.98. The molecule has 0 aromatic heterocycles. The van der Waals surface area contributed by atoms with E-state index in [9.17, 15) is 5.11 Å². The predicted molar refractivity (Wildman–Crippen MR) is 54.2 cm³/mol. The fourth-order valence-electron chi connectivity index (χ4n) is 1.79. The van der Waals surface area contributed by atoms with Crippen LogP contribution in [0.2, 0.25) is 0 Å². The van der Waals surface area contributed by atoms with Crippen LogP contribution in [0.1, 0.15) is 20.3 Å². The third-order valence-corrected chi connectivity index (χ3v) is 2.98. The molecule has 0 bridgehead atoms. The Morgan fingerprint density at radius 2 is 2.29 bits per heavy atom. The minimum absolute atomic E-state index is 0.0602. The molecular weight excluding hydrogens is 182 g/mol. The molecule has 0 saturated carbocycles. The number of aliphatic hydroxyl groups is 1. The van der Waals surface area contributed by atoms with Crippen molar-refractivity contribution in [3.8, 4) is 0 Å². The SMILES string of the molecule is CC1CN(C(C)C(N)=NO)CCC1O. The highest BCUT2D eigenvalue weighted by atomic mass is 16.4. The summed E-state index contributed by atoms with van der Waals surface area (Å²) in [6, 6.07) is -0.0602. The highest BCUT2D eigenvalue weighted by Gasteiger charge is 2.28. The monoisotopic (exact) mass is 201 g/mol. The Kier molecular flexibility index (Phi) is 3.71. The molecule has 14 heavy (non-hydrogen) atoms. The van der Waals surface area contributed by atoms with Crippen molar-refractivity contribution >= 4 is 5.84 Å². The van der Waals surface area contributed by atoms with Crippen LogP contribution in [0.3, 0.4) is 0 Å². The predicted octanol–water partition coefficient (Wildman–Crippen LogP) is -0.176. The maximum atomic E-state index is 9.54. The van der Waals surface area contributed by atoms with Gasteiger partial charge in [-0.15, -0.1) is 0 Å². The molecule has 1 aliphatic rings. The summed E-state index contributed by atoms with van der Waals surface area (Å²) in [4.78, 5) is 2.12. The van der Waals surface area contributed by atoms with Gasteiger partial charge < -0.3 is 16.0 Å². The Balaban J connectivity index is 2.54. The van der Waals surface area contributed by atoms with Crippen molar-refractivity contribution in [1.29, 1.82) is 0 Å². The normalized spacial score (nSPS) is 32.9. The summed E-state index contributed by atoms with van der Waals surface area (Å²) in [7, 11) is 0. The van der Waals surface area contributed by atoms with Crippen molar-refractivity contribution in [2.75, 3.05) is 13.1 Å². The second kappa shape index (κ2) is 4.61. The minimum Gasteiger partial charge on any atom is -0.409 e. The number of oxime groups is 1. The molecule has 3 unspecified atom stereocenters. The van der Waals surface area contributed by atoms with Crippen LogP contribution in [-0.2, 0) is 0 Å². The van der Waals surface area contributed by atoms with Crippen LogP contribution in [0.5, 0.6) is 0 Å². The zero-order valence-corrected chi connectivity index (χ0v) is 8.72. The molecule has 4 N–H and O–H groups in total. The number of rotatable bonds is 2. The Morgan fingerprint density at radius 1 is 1.64 bits per heavy atom. The van der Waals surface area contributed by atoms with Crippen molar-refractivity contribution in [3.05, 3.63) is 0 Å². The lowest BCUT2D eigenvalue weighted by atomic mass is 9.95. The van der Waals surface area contributed by atoms with Crippen molar-refractivity contribution in [2.24, 2.45) is 16.8 Å². The van der Waals surface area contributed by atoms with E-state index in [0.717, 1.165) is 19.5 Å². The zero-order chi connectivity index (χ0) is 10.7. The van der Waals surface area contributed by atoms with Crippen LogP contribution in [0.4, 0.5) is 0 Å². The van der Waals surface area contributed by atoms with Gasteiger partial charge in [-0.3, -0.25) is 4.90 Å². The second-order valence-corrected chi connectivity index (χ2v) is 4.03. The highest BCUT2D eigenvalue weighted by Crippen LogP contribution is 2.18. The molecule has 0 radical (unpaired) electrons. The Hall–Kier alpha value is -0.810. The summed E-state index contributed by atoms with van der Waals surface area (Å²) >= 11 is 0. The molecule has 0 spiro atoms. The van der Waals surface area contributed by atoms with Crippen LogP contribution in [0.25, 0.3) is 0 Å². The number of hydrogen-bond acceptors (Lipinski definition) is 4. The summed E-state index contributed by atoms with van der Waals surface area (Å²) in [6.45, 7) is 5.50. The molecule has 1 heterocycles. The Labute approximate surface area is 84.2 Å². The van der Waals surface area contributed by atoms with Crippen molar-refractivity contribution in [2.45, 2.75) is 32.4 Å². The quantitative estimate of drug-likeness (QED) is 0.250. The van der Waals surface area contributed by atoms with Crippen LogP contribution in [0, 0.1) is 5.92 Å². The van der Waals surface area contributed by atoms with Gasteiger partial charge >= 0.3 is 0 Å². The van der Waals surface area contributed by atoms with Crippen LogP contribution in [-0.4, -0.2) is 46.3 Å². The number of amidine groups is 1. The van der Waals surface area contributed by atoms with E-state index >= 15 is 0 Å². The maximum Gasteiger partial charge on any atom is 0.156 e. The lowest BCUT2D eigenvalue weighted by molar-refractivity contribution is 0.0295. The number of nitrogens with two attached hydrogens (primary N) is 1. The lowest BCUT2D eigenvalue weighted by Gasteiger charge is -2.37. The van der Waals surface area contributed by atoms with Gasteiger partial charge in [-0.2, -0.15) is 0 Å². The number of nitrogens with zero attached hydrogens (tertiary/aromatic N) is 2. The van der Waals surface area contributed by atoms with E-state index in [0.29, 0.717) is 0 Å². The van der Waals surface area contributed by atoms with Crippen LogP contribution >= 0.6 is 0 Å². The summed E-state index contributed by atoms with van der Waals surface area (Å²) < 4.78 is 0. The number of likely N-dealkylation sites (tertiary alicyclic amines) is 1. The van der Waals surface area contributed by atoms with Crippen LogP contribution in [0.15, 0.2) is 5.16 Å². The van der Waals surface area contributed by atoms with E-state index in [-0.39, 0.29) is 23.9 Å². The molecule has 5 nitrogen and oxygen atoms in total. The topological polar surface area (TPSA) is 82.1 Å². The van der Waals surface area contributed by atoms with Crippen molar-refractivity contribution in [3.63, 3.8) is 0 Å². The summed E-state index contributed by atoms with van der Waals surface area (Å²) in [5.41, 5.74) is 5.52. The summed E-state index contributed by atoms with van der Waals surface area (Å²) in [5, 5.41) is 21.1.